The van der Waals surface area contributed by atoms with Crippen molar-refractivity contribution in [3.8, 4) is 11.5 Å². The topological polar surface area (TPSA) is 116 Å². The van der Waals surface area contributed by atoms with Crippen LogP contribution in [0, 0.1) is 21.7 Å². The molecule has 8 nitrogen and oxygen atoms in total. The maximum Gasteiger partial charge on any atom is 0.416 e. The maximum absolute atomic E-state index is 13.9. The van der Waals surface area contributed by atoms with Crippen molar-refractivity contribution in [2.75, 3.05) is 6.26 Å². The van der Waals surface area contributed by atoms with E-state index in [0.717, 1.165) is 6.07 Å². The Balaban J connectivity index is 2.48. The number of amides is 1. The van der Waals surface area contributed by atoms with Gasteiger partial charge in [-0.1, -0.05) is 0 Å². The zero-order chi connectivity index (χ0) is 22.1. The van der Waals surface area contributed by atoms with Gasteiger partial charge in [-0.3, -0.25) is 14.9 Å². The van der Waals surface area contributed by atoms with Crippen molar-refractivity contribution in [3.63, 3.8) is 0 Å². The van der Waals surface area contributed by atoms with Crippen molar-refractivity contribution < 1.29 is 44.8 Å². The normalized spacial score (nSPS) is 11.8. The number of rotatable bonds is 5. The zero-order valence-corrected chi connectivity index (χ0v) is 14.9. The van der Waals surface area contributed by atoms with E-state index in [2.05, 4.69) is 0 Å². The lowest BCUT2D eigenvalue weighted by atomic mass is 10.1. The molecule has 0 aliphatic rings. The summed E-state index contributed by atoms with van der Waals surface area (Å²) in [6.45, 7) is 0. The fourth-order valence-electron chi connectivity index (χ4n) is 2.08. The first-order valence-electron chi connectivity index (χ1n) is 7.23. The molecule has 0 saturated carbocycles. The van der Waals surface area contributed by atoms with E-state index in [1.165, 1.54) is 4.72 Å². The largest absolute Gasteiger partial charge is 0.451 e. The molecule has 14 heteroatoms. The van der Waals surface area contributed by atoms with Gasteiger partial charge < -0.3 is 4.74 Å². The summed E-state index contributed by atoms with van der Waals surface area (Å²) in [5.74, 6) is -6.72. The number of sulfonamides is 1. The van der Waals surface area contributed by atoms with E-state index in [1.807, 2.05) is 0 Å². The van der Waals surface area contributed by atoms with Gasteiger partial charge in [0.05, 0.1) is 16.7 Å². The van der Waals surface area contributed by atoms with Gasteiger partial charge in [-0.15, -0.1) is 0 Å². The second-order valence-corrected chi connectivity index (χ2v) is 7.26. The number of carbonyl (C=O) groups is 1. The summed E-state index contributed by atoms with van der Waals surface area (Å²) in [4.78, 5) is 21.9. The molecule has 29 heavy (non-hydrogen) atoms. The van der Waals surface area contributed by atoms with Crippen LogP contribution in [0.4, 0.5) is 27.6 Å². The molecule has 0 bridgehead atoms. The van der Waals surface area contributed by atoms with Crippen molar-refractivity contribution in [1.29, 1.82) is 0 Å². The first-order chi connectivity index (χ1) is 13.2. The third kappa shape index (κ3) is 5.37. The third-order valence-electron chi connectivity index (χ3n) is 3.23. The van der Waals surface area contributed by atoms with Crippen LogP contribution in [0.25, 0.3) is 0 Å². The van der Waals surface area contributed by atoms with E-state index in [9.17, 15) is 45.3 Å². The Labute approximate surface area is 159 Å². The lowest BCUT2D eigenvalue weighted by Crippen LogP contribution is -2.29. The second-order valence-electron chi connectivity index (χ2n) is 5.51. The molecule has 0 aliphatic heterocycles. The Morgan fingerprint density at radius 2 is 1.69 bits per heavy atom. The molecule has 1 N–H and O–H groups in total. The number of nitro groups is 1. The first-order valence-corrected chi connectivity index (χ1v) is 9.13. The summed E-state index contributed by atoms with van der Waals surface area (Å²) in [5.41, 5.74) is -3.30. The summed E-state index contributed by atoms with van der Waals surface area (Å²) >= 11 is 0. The first kappa shape index (κ1) is 22.0. The van der Waals surface area contributed by atoms with E-state index in [4.69, 9.17) is 4.74 Å². The number of alkyl halides is 3. The molecule has 0 unspecified atom stereocenters. The number of carbonyl (C=O) groups excluding carboxylic acids is 1. The quantitative estimate of drug-likeness (QED) is 0.433. The van der Waals surface area contributed by atoms with Crippen molar-refractivity contribution in [2.24, 2.45) is 0 Å². The Morgan fingerprint density at radius 3 is 2.14 bits per heavy atom. The number of ether oxygens (including phenoxy) is 1. The third-order valence-corrected chi connectivity index (χ3v) is 3.79. The standard InChI is InChI=1S/C15H9F5N2O6S/c1-29(26,27)21-14(23)9-6-8(2-3-12(9)22(24)25)28-13-10(16)4-7(5-11(13)17)15(18,19)20/h2-6H,1H3,(H,21,23). The lowest BCUT2D eigenvalue weighted by Gasteiger charge is -2.12. The minimum atomic E-state index is -5.02. The highest BCUT2D eigenvalue weighted by Crippen LogP contribution is 2.36. The van der Waals surface area contributed by atoms with E-state index < -0.39 is 67.0 Å². The van der Waals surface area contributed by atoms with Crippen LogP contribution < -0.4 is 9.46 Å². The smallest absolute Gasteiger partial charge is 0.416 e. The molecule has 0 radical (unpaired) electrons. The van der Waals surface area contributed by atoms with Crippen molar-refractivity contribution in [1.82, 2.24) is 4.72 Å². The minimum absolute atomic E-state index is 0.0267. The van der Waals surface area contributed by atoms with Gasteiger partial charge >= 0.3 is 6.18 Å². The number of hydrogen-bond acceptors (Lipinski definition) is 6. The van der Waals surface area contributed by atoms with E-state index in [1.54, 1.807) is 0 Å². The van der Waals surface area contributed by atoms with Gasteiger partial charge in [-0.2, -0.15) is 13.2 Å². The molecule has 0 heterocycles. The maximum atomic E-state index is 13.9. The van der Waals surface area contributed by atoms with Crippen molar-refractivity contribution in [2.45, 2.75) is 6.18 Å². The van der Waals surface area contributed by atoms with Gasteiger partial charge in [0, 0.05) is 12.1 Å². The molecule has 0 atom stereocenters. The Hall–Kier alpha value is -3.29. The number of nitro benzene ring substituents is 1. The van der Waals surface area contributed by atoms with Crippen LogP contribution in [0.5, 0.6) is 11.5 Å². The van der Waals surface area contributed by atoms with Gasteiger partial charge in [0.25, 0.3) is 11.6 Å². The zero-order valence-electron chi connectivity index (χ0n) is 14.1. The Morgan fingerprint density at radius 1 is 1.14 bits per heavy atom. The highest BCUT2D eigenvalue weighted by molar-refractivity contribution is 7.89. The van der Waals surface area contributed by atoms with Gasteiger partial charge in [0.2, 0.25) is 10.0 Å². The average Bonchev–Trinajstić information content (AvgIpc) is 2.55. The van der Waals surface area contributed by atoms with Crippen LogP contribution in [0.3, 0.4) is 0 Å². The second kappa shape index (κ2) is 7.62. The summed E-state index contributed by atoms with van der Waals surface area (Å²) in [5, 5.41) is 11.0. The summed E-state index contributed by atoms with van der Waals surface area (Å²) in [6.07, 6.45) is -4.42. The lowest BCUT2D eigenvalue weighted by molar-refractivity contribution is -0.385. The molecule has 0 aromatic heterocycles. The van der Waals surface area contributed by atoms with Gasteiger partial charge in [-0.25, -0.2) is 21.9 Å². The van der Waals surface area contributed by atoms with Crippen LogP contribution >= 0.6 is 0 Å². The molecule has 156 valence electrons. The molecule has 0 aliphatic carbocycles. The monoisotopic (exact) mass is 440 g/mol. The Kier molecular flexibility index (Phi) is 5.78. The Bertz CT molecular complexity index is 1080. The molecule has 2 aromatic rings. The SMILES string of the molecule is CS(=O)(=O)NC(=O)c1cc(Oc2c(F)cc(C(F)(F)F)cc2F)ccc1[N+](=O)[O-]. The fourth-order valence-corrected chi connectivity index (χ4v) is 2.53. The van der Waals surface area contributed by atoms with Crippen LogP contribution in [0.15, 0.2) is 30.3 Å². The molecule has 0 fully saturated rings. The van der Waals surface area contributed by atoms with Crippen LogP contribution in [0.2, 0.25) is 0 Å². The molecule has 2 rings (SSSR count). The number of nitrogens with one attached hydrogen (secondary N) is 1. The molecule has 2 aromatic carbocycles. The highest BCUT2D eigenvalue weighted by atomic mass is 32.2. The van der Waals surface area contributed by atoms with Gasteiger partial charge in [-0.05, 0) is 18.2 Å². The molecule has 1 amide bonds. The number of hydrogen-bond donors (Lipinski definition) is 1. The fraction of sp³-hybridized carbons (Fsp3) is 0.133. The van der Waals surface area contributed by atoms with Crippen molar-refractivity contribution >= 4 is 21.6 Å². The molecule has 0 spiro atoms. The van der Waals surface area contributed by atoms with Crippen molar-refractivity contribution in [3.05, 3.63) is 63.2 Å². The van der Waals surface area contributed by atoms with E-state index in [-0.39, 0.29) is 12.1 Å². The van der Waals surface area contributed by atoms with E-state index >= 15 is 0 Å². The average molecular weight is 440 g/mol. The summed E-state index contributed by atoms with van der Waals surface area (Å²) < 4.78 is 94.0. The predicted octanol–water partition coefficient (Wildman–Crippen LogP) is 3.37. The summed E-state index contributed by atoms with van der Waals surface area (Å²) in [7, 11) is -4.11. The van der Waals surface area contributed by atoms with E-state index in [0.29, 0.717) is 18.4 Å². The number of nitrogens with zero attached hydrogens (tertiary/aromatic N) is 1. The molecule has 0 saturated heterocycles. The summed E-state index contributed by atoms with van der Waals surface area (Å²) in [6, 6.07) is 2.05. The van der Waals surface area contributed by atoms with Crippen LogP contribution in [-0.4, -0.2) is 25.5 Å². The van der Waals surface area contributed by atoms with Crippen LogP contribution in [0.1, 0.15) is 15.9 Å². The number of benzene rings is 2. The molecular formula is C15H9F5N2O6S. The highest BCUT2D eigenvalue weighted by Gasteiger charge is 2.33. The predicted molar refractivity (Wildman–Crippen MR) is 86.8 cm³/mol. The number of halogens is 5. The minimum Gasteiger partial charge on any atom is -0.451 e. The van der Waals surface area contributed by atoms with Crippen LogP contribution in [-0.2, 0) is 16.2 Å². The van der Waals surface area contributed by atoms with Gasteiger partial charge in [0.1, 0.15) is 11.3 Å². The molecular weight excluding hydrogens is 431 g/mol. The van der Waals surface area contributed by atoms with Gasteiger partial charge in [0.15, 0.2) is 17.4 Å².